The van der Waals surface area contributed by atoms with Crippen LogP contribution in [0.2, 0.25) is 0 Å². The lowest BCUT2D eigenvalue weighted by molar-refractivity contribution is -0.0649. The van der Waals surface area contributed by atoms with E-state index in [9.17, 15) is 5.11 Å². The molecule has 2 aromatic rings. The lowest BCUT2D eigenvalue weighted by Crippen LogP contribution is -2.50. The monoisotopic (exact) mass is 529 g/mol. The summed E-state index contributed by atoms with van der Waals surface area (Å²) < 4.78 is 22.8. The van der Waals surface area contributed by atoms with Gasteiger partial charge in [0.1, 0.15) is 17.4 Å². The second-order valence-corrected chi connectivity index (χ2v) is 12.5. The molecule has 7 rings (SSSR count). The van der Waals surface area contributed by atoms with Gasteiger partial charge in [-0.15, -0.1) is 0 Å². The smallest absolute Gasteiger partial charge is 0.231 e. The Labute approximate surface area is 231 Å². The van der Waals surface area contributed by atoms with E-state index in [1.165, 1.54) is 23.1 Å². The summed E-state index contributed by atoms with van der Waals surface area (Å²) in [5, 5.41) is 12.3. The summed E-state index contributed by atoms with van der Waals surface area (Å²) in [6.07, 6.45) is 7.03. The number of aliphatic hydroxyl groups is 1. The molecule has 0 aromatic heterocycles. The zero-order valence-electron chi connectivity index (χ0n) is 23.5. The van der Waals surface area contributed by atoms with Crippen LogP contribution in [-0.2, 0) is 12.8 Å². The molecule has 0 bridgehead atoms. The standard InChI is InChI=1S/C33H39NO5/c1-32-13-9-24-23-8-6-22(36-3)17-20(23)5-7-25(24)26(32)10-14-33(32,35)15-11-27-29-21(12-16-34(27)2)18-28-30(31(29)37-4)39-19-38-28/h6,8,17-18,24-27,35H,5,7,9-10,12-14,16,19H2,1-4H3/t24-,25-,26-,27+,32+,33-/m1/s1. The number of hydrogen-bond acceptors (Lipinski definition) is 6. The average Bonchev–Trinajstić information content (AvgIpc) is 3.52. The van der Waals surface area contributed by atoms with E-state index in [-0.39, 0.29) is 18.2 Å². The van der Waals surface area contributed by atoms with Crippen molar-refractivity contribution in [2.24, 2.45) is 17.3 Å². The minimum atomic E-state index is -0.995. The number of methoxy groups -OCH3 is 2. The van der Waals surface area contributed by atoms with Gasteiger partial charge in [0.05, 0.1) is 14.2 Å². The molecule has 0 saturated heterocycles. The molecule has 6 heteroatoms. The van der Waals surface area contributed by atoms with Gasteiger partial charge in [0.2, 0.25) is 12.5 Å². The molecular formula is C33H39NO5. The van der Waals surface area contributed by atoms with Crippen LogP contribution >= 0.6 is 0 Å². The first-order chi connectivity index (χ1) is 18.9. The summed E-state index contributed by atoms with van der Waals surface area (Å²) >= 11 is 0. The Bertz CT molecular complexity index is 1380. The zero-order chi connectivity index (χ0) is 26.9. The van der Waals surface area contributed by atoms with E-state index in [0.717, 1.165) is 62.1 Å². The van der Waals surface area contributed by atoms with Gasteiger partial charge >= 0.3 is 0 Å². The van der Waals surface area contributed by atoms with Crippen LogP contribution in [0.3, 0.4) is 0 Å². The highest BCUT2D eigenvalue weighted by Crippen LogP contribution is 2.64. The van der Waals surface area contributed by atoms with Gasteiger partial charge in [-0.2, -0.15) is 0 Å². The van der Waals surface area contributed by atoms with Gasteiger partial charge in [-0.3, -0.25) is 4.90 Å². The molecule has 2 saturated carbocycles. The Morgan fingerprint density at radius 3 is 2.72 bits per heavy atom. The zero-order valence-corrected chi connectivity index (χ0v) is 23.5. The van der Waals surface area contributed by atoms with Crippen LogP contribution in [0.1, 0.15) is 73.2 Å². The minimum Gasteiger partial charge on any atom is -0.497 e. The molecule has 0 spiro atoms. The van der Waals surface area contributed by atoms with Crippen LogP contribution in [0, 0.1) is 29.1 Å². The van der Waals surface area contributed by atoms with Crippen molar-refractivity contribution < 1.29 is 24.1 Å². The van der Waals surface area contributed by atoms with Gasteiger partial charge in [-0.05, 0) is 105 Å². The normalized spacial score (nSPS) is 34.2. The summed E-state index contributed by atoms with van der Waals surface area (Å²) in [7, 11) is 5.53. The number of likely N-dealkylation sites (N-methyl/N-ethyl adjacent to an activating group) is 1. The van der Waals surface area contributed by atoms with Gasteiger partial charge in [0.25, 0.3) is 0 Å². The molecule has 6 nitrogen and oxygen atoms in total. The first-order valence-electron chi connectivity index (χ1n) is 14.5. The maximum absolute atomic E-state index is 12.3. The number of hydrogen-bond donors (Lipinski definition) is 1. The Hall–Kier alpha value is -2.88. The summed E-state index contributed by atoms with van der Waals surface area (Å²) in [5.41, 5.74) is 3.98. The third-order valence-electron chi connectivity index (χ3n) is 10.9. The molecule has 3 aliphatic carbocycles. The van der Waals surface area contributed by atoms with Crippen LogP contribution < -0.4 is 18.9 Å². The van der Waals surface area contributed by atoms with Gasteiger partial charge in [-0.1, -0.05) is 24.8 Å². The molecule has 2 fully saturated rings. The van der Waals surface area contributed by atoms with E-state index >= 15 is 0 Å². The quantitative estimate of drug-likeness (QED) is 0.536. The van der Waals surface area contributed by atoms with Crippen LogP contribution in [0.4, 0.5) is 0 Å². The molecule has 2 heterocycles. The molecular weight excluding hydrogens is 490 g/mol. The fourth-order valence-corrected chi connectivity index (χ4v) is 8.71. The van der Waals surface area contributed by atoms with Crippen molar-refractivity contribution in [1.82, 2.24) is 4.90 Å². The summed E-state index contributed by atoms with van der Waals surface area (Å²) in [4.78, 5) is 2.27. The van der Waals surface area contributed by atoms with Gasteiger partial charge in [-0.25, -0.2) is 0 Å². The molecule has 6 atom stereocenters. The highest BCUT2D eigenvalue weighted by Gasteiger charge is 2.61. The molecule has 2 aliphatic heterocycles. The number of fused-ring (bicyclic) bond motifs is 7. The number of nitrogens with zero attached hydrogens (tertiary/aromatic N) is 1. The Kier molecular flexibility index (Phi) is 5.84. The summed E-state index contributed by atoms with van der Waals surface area (Å²) in [6, 6.07) is 8.56. The van der Waals surface area contributed by atoms with Crippen LogP contribution in [0.25, 0.3) is 0 Å². The topological polar surface area (TPSA) is 60.4 Å². The fourth-order valence-electron chi connectivity index (χ4n) is 8.71. The van der Waals surface area contributed by atoms with Crippen molar-refractivity contribution in [2.75, 3.05) is 34.6 Å². The van der Waals surface area contributed by atoms with Gasteiger partial charge in [0, 0.05) is 17.5 Å². The highest BCUT2D eigenvalue weighted by molar-refractivity contribution is 5.63. The van der Waals surface area contributed by atoms with Crippen LogP contribution in [0.15, 0.2) is 24.3 Å². The van der Waals surface area contributed by atoms with Crippen molar-refractivity contribution >= 4 is 0 Å². The molecule has 206 valence electrons. The highest BCUT2D eigenvalue weighted by atomic mass is 16.7. The van der Waals surface area contributed by atoms with E-state index in [2.05, 4.69) is 55.0 Å². The van der Waals surface area contributed by atoms with E-state index in [4.69, 9.17) is 18.9 Å². The van der Waals surface area contributed by atoms with E-state index in [1.807, 2.05) is 0 Å². The fraction of sp³-hybridized carbons (Fsp3) is 0.576. The third-order valence-corrected chi connectivity index (χ3v) is 10.9. The number of ether oxygens (including phenoxy) is 4. The van der Waals surface area contributed by atoms with Gasteiger partial charge < -0.3 is 24.1 Å². The van der Waals surface area contributed by atoms with Crippen LogP contribution in [0.5, 0.6) is 23.0 Å². The largest absolute Gasteiger partial charge is 0.497 e. The van der Waals surface area contributed by atoms with E-state index < -0.39 is 5.60 Å². The first-order valence-corrected chi connectivity index (χ1v) is 14.5. The van der Waals surface area contributed by atoms with Crippen LogP contribution in [-0.4, -0.2) is 50.2 Å². The lowest BCUT2D eigenvalue weighted by Gasteiger charge is -2.52. The predicted octanol–water partition coefficient (Wildman–Crippen LogP) is 5.25. The number of aryl methyl sites for hydroxylation is 1. The van der Waals surface area contributed by atoms with E-state index in [0.29, 0.717) is 29.3 Å². The van der Waals surface area contributed by atoms with Crippen molar-refractivity contribution in [3.63, 3.8) is 0 Å². The maximum Gasteiger partial charge on any atom is 0.231 e. The van der Waals surface area contributed by atoms with Crippen molar-refractivity contribution in [2.45, 2.75) is 69.4 Å². The molecule has 2 aromatic carbocycles. The summed E-state index contributed by atoms with van der Waals surface area (Å²) in [6.45, 7) is 3.41. The number of rotatable bonds is 2. The van der Waals surface area contributed by atoms with Gasteiger partial charge in [0.15, 0.2) is 11.5 Å². The molecule has 39 heavy (non-hydrogen) atoms. The Morgan fingerprint density at radius 2 is 1.90 bits per heavy atom. The third kappa shape index (κ3) is 3.62. The molecule has 5 aliphatic rings. The average molecular weight is 530 g/mol. The summed E-state index contributed by atoms with van der Waals surface area (Å²) in [5.74, 6) is 11.8. The molecule has 1 N–H and O–H groups in total. The van der Waals surface area contributed by atoms with Crippen molar-refractivity contribution in [3.05, 3.63) is 46.5 Å². The van der Waals surface area contributed by atoms with Crippen molar-refractivity contribution in [1.29, 1.82) is 0 Å². The van der Waals surface area contributed by atoms with Crippen molar-refractivity contribution in [3.8, 4) is 34.8 Å². The first kappa shape index (κ1) is 25.1. The van der Waals surface area contributed by atoms with E-state index in [1.54, 1.807) is 14.2 Å². The molecule has 0 unspecified atom stereocenters. The molecule has 0 amide bonds. The predicted molar refractivity (Wildman–Crippen MR) is 149 cm³/mol. The second-order valence-electron chi connectivity index (χ2n) is 12.5. The SMILES string of the molecule is COc1ccc2c(c1)CC[C@@H]1[C@@H]2CC[C@@]2(C)[C@@H]1CC[C@@]2(O)C#C[C@H]1c2c(cc3c(c2OC)OCO3)CCN1C. The lowest BCUT2D eigenvalue weighted by atomic mass is 9.53. The number of benzene rings is 2. The Morgan fingerprint density at radius 1 is 1.03 bits per heavy atom. The molecule has 0 radical (unpaired) electrons. The maximum atomic E-state index is 12.3. The minimum absolute atomic E-state index is 0.169. The second kappa shape index (κ2) is 9.08. The Balaban J connectivity index is 1.21.